The van der Waals surface area contributed by atoms with Crippen LogP contribution in [0.3, 0.4) is 0 Å². The minimum Gasteiger partial charge on any atom is -0.455 e. The van der Waals surface area contributed by atoms with Crippen LogP contribution in [0.1, 0.15) is 47.8 Å². The molecule has 0 bridgehead atoms. The van der Waals surface area contributed by atoms with E-state index in [2.05, 4.69) is 10.3 Å². The highest BCUT2D eigenvalue weighted by Crippen LogP contribution is 2.39. The lowest BCUT2D eigenvalue weighted by atomic mass is 9.95. The van der Waals surface area contributed by atoms with E-state index in [1.165, 1.54) is 19.2 Å². The Labute approximate surface area is 185 Å². The lowest BCUT2D eigenvalue weighted by Crippen LogP contribution is -2.53. The second-order valence-electron chi connectivity index (χ2n) is 9.20. The molecule has 0 aromatic carbocycles. The fourth-order valence-corrected chi connectivity index (χ4v) is 3.31. The molecule has 1 aliphatic heterocycles. The van der Waals surface area contributed by atoms with Gasteiger partial charge in [-0.3, -0.25) is 4.57 Å². The van der Waals surface area contributed by atoms with Crippen molar-refractivity contribution in [2.24, 2.45) is 5.92 Å². The first kappa shape index (κ1) is 25.6. The number of hydrogen-bond donors (Lipinski definition) is 4. The number of aromatic nitrogens is 2. The van der Waals surface area contributed by atoms with Gasteiger partial charge in [0, 0.05) is 6.20 Å². The molecule has 2 rings (SSSR count). The van der Waals surface area contributed by atoms with Crippen LogP contribution in [0.25, 0.3) is 0 Å². The predicted molar refractivity (Wildman–Crippen MR) is 112 cm³/mol. The molecule has 1 amide bonds. The second-order valence-corrected chi connectivity index (χ2v) is 9.20. The van der Waals surface area contributed by atoms with E-state index in [1.54, 1.807) is 34.6 Å². The zero-order valence-corrected chi connectivity index (χ0v) is 19.1. The lowest BCUT2D eigenvalue weighted by molar-refractivity contribution is -0.167. The highest BCUT2D eigenvalue weighted by molar-refractivity contribution is 5.82. The number of anilines is 1. The number of nitrogens with one attached hydrogen (secondary N) is 1. The van der Waals surface area contributed by atoms with E-state index in [1.807, 2.05) is 0 Å². The predicted octanol–water partition coefficient (Wildman–Crippen LogP) is -0.0727. The summed E-state index contributed by atoms with van der Waals surface area (Å²) in [6.07, 6.45) is -3.33. The van der Waals surface area contributed by atoms with Crippen LogP contribution in [0.15, 0.2) is 17.1 Å². The molecule has 1 aromatic heterocycles. The van der Waals surface area contributed by atoms with Gasteiger partial charge in [-0.1, -0.05) is 13.8 Å². The summed E-state index contributed by atoms with van der Waals surface area (Å²) in [6.45, 7) is 9.14. The summed E-state index contributed by atoms with van der Waals surface area (Å²) < 4.78 is 17.3. The smallest absolute Gasteiger partial charge is 0.408 e. The maximum Gasteiger partial charge on any atom is 0.408 e. The third-order valence-electron chi connectivity index (χ3n) is 4.84. The van der Waals surface area contributed by atoms with Gasteiger partial charge in [0.1, 0.15) is 29.2 Å². The van der Waals surface area contributed by atoms with E-state index < -0.39 is 60.0 Å². The van der Waals surface area contributed by atoms with E-state index in [-0.39, 0.29) is 11.7 Å². The van der Waals surface area contributed by atoms with Crippen LogP contribution in [0.2, 0.25) is 0 Å². The molecule has 0 aliphatic carbocycles. The van der Waals surface area contributed by atoms with Gasteiger partial charge in [-0.2, -0.15) is 4.98 Å². The molecule has 1 saturated heterocycles. The molecule has 0 radical (unpaired) electrons. The first-order valence-electron chi connectivity index (χ1n) is 10.2. The van der Waals surface area contributed by atoms with Gasteiger partial charge in [-0.15, -0.1) is 0 Å². The van der Waals surface area contributed by atoms with Crippen molar-refractivity contribution in [2.75, 3.05) is 12.3 Å². The molecule has 1 aliphatic rings. The number of amides is 1. The van der Waals surface area contributed by atoms with E-state index in [0.717, 1.165) is 4.57 Å². The summed E-state index contributed by atoms with van der Waals surface area (Å²) in [7, 11) is 0. The molecule has 1 fully saturated rings. The minimum atomic E-state index is -1.92. The summed E-state index contributed by atoms with van der Waals surface area (Å²) in [5, 5.41) is 23.3. The molecule has 2 heterocycles. The fourth-order valence-electron chi connectivity index (χ4n) is 3.31. The first-order valence-corrected chi connectivity index (χ1v) is 10.2. The molecule has 12 heteroatoms. The van der Waals surface area contributed by atoms with Gasteiger partial charge in [0.25, 0.3) is 0 Å². The number of ether oxygens (including phenoxy) is 3. The summed E-state index contributed by atoms with van der Waals surface area (Å²) in [5.41, 5.74) is 2.02. The van der Waals surface area contributed by atoms with E-state index in [0.29, 0.717) is 0 Å². The van der Waals surface area contributed by atoms with E-state index >= 15 is 0 Å². The number of nitrogens with two attached hydrogens (primary N) is 1. The largest absolute Gasteiger partial charge is 0.455 e. The normalized spacial score (nSPS) is 26.6. The van der Waals surface area contributed by atoms with Gasteiger partial charge >= 0.3 is 17.8 Å². The molecular weight excluding hydrogens is 424 g/mol. The Bertz CT molecular complexity index is 892. The van der Waals surface area contributed by atoms with Crippen molar-refractivity contribution in [2.45, 2.75) is 77.2 Å². The molecule has 5 atom stereocenters. The van der Waals surface area contributed by atoms with Crippen molar-refractivity contribution in [3.8, 4) is 0 Å². The zero-order chi connectivity index (χ0) is 24.4. The molecule has 12 nitrogen and oxygen atoms in total. The Hall–Kier alpha value is -2.70. The number of esters is 1. The summed E-state index contributed by atoms with van der Waals surface area (Å²) >= 11 is 0. The van der Waals surface area contributed by atoms with Crippen LogP contribution >= 0.6 is 0 Å². The quantitative estimate of drug-likeness (QED) is 0.424. The van der Waals surface area contributed by atoms with E-state index in [4.69, 9.17) is 19.9 Å². The number of aliphatic hydroxyl groups is 2. The van der Waals surface area contributed by atoms with Crippen LogP contribution in [-0.2, 0) is 19.0 Å². The van der Waals surface area contributed by atoms with Crippen LogP contribution in [-0.4, -0.2) is 67.9 Å². The van der Waals surface area contributed by atoms with Gasteiger partial charge in [-0.05, 0) is 39.7 Å². The van der Waals surface area contributed by atoms with Gasteiger partial charge in [-0.25, -0.2) is 14.4 Å². The second kappa shape index (κ2) is 9.43. The Morgan fingerprint density at radius 1 is 1.41 bits per heavy atom. The highest BCUT2D eigenvalue weighted by Gasteiger charge is 2.56. The van der Waals surface area contributed by atoms with Crippen LogP contribution in [0, 0.1) is 5.92 Å². The van der Waals surface area contributed by atoms with Crippen molar-refractivity contribution in [3.05, 3.63) is 22.7 Å². The molecule has 180 valence electrons. The average molecular weight is 456 g/mol. The van der Waals surface area contributed by atoms with Crippen molar-refractivity contribution < 1.29 is 34.0 Å². The monoisotopic (exact) mass is 456 g/mol. The third-order valence-corrected chi connectivity index (χ3v) is 4.84. The van der Waals surface area contributed by atoms with Gasteiger partial charge in [0.05, 0.1) is 6.61 Å². The number of alkyl carbamates (subject to hydrolysis) is 1. The maximum absolute atomic E-state index is 12.9. The van der Waals surface area contributed by atoms with Crippen molar-refractivity contribution in [1.82, 2.24) is 14.9 Å². The zero-order valence-electron chi connectivity index (χ0n) is 19.1. The summed E-state index contributed by atoms with van der Waals surface area (Å²) in [4.78, 5) is 40.9. The van der Waals surface area contributed by atoms with Crippen molar-refractivity contribution in [1.29, 1.82) is 0 Å². The first-order chi connectivity index (χ1) is 14.7. The Balaban J connectivity index is 2.25. The van der Waals surface area contributed by atoms with Gasteiger partial charge in [0.2, 0.25) is 0 Å². The Morgan fingerprint density at radius 2 is 2.03 bits per heavy atom. The topological polar surface area (TPSA) is 175 Å². The molecule has 1 aromatic rings. The average Bonchev–Trinajstić information content (AvgIpc) is 2.88. The minimum absolute atomic E-state index is 0.0152. The number of hydrogen-bond acceptors (Lipinski definition) is 10. The van der Waals surface area contributed by atoms with E-state index in [9.17, 15) is 24.6 Å². The number of carbonyl (C=O) groups excluding carboxylic acids is 2. The van der Waals surface area contributed by atoms with Crippen LogP contribution in [0.5, 0.6) is 0 Å². The highest BCUT2D eigenvalue weighted by atomic mass is 16.6. The van der Waals surface area contributed by atoms with Crippen LogP contribution in [0.4, 0.5) is 10.6 Å². The van der Waals surface area contributed by atoms with Crippen molar-refractivity contribution >= 4 is 17.9 Å². The standard InChI is InChI=1S/C20H32N4O8/c1-10(2)13(23-18(28)32-19(3,4)5)15(26)31-14-11(9-25)30-16(20(14,6)29)24-8-7-12(21)22-17(24)27/h7-8,10-11,13-14,16,25,29H,9H2,1-6H3,(H,23,28)(H2,21,22,27)/t11-,13?,14-,16-,20?/m0/s1. The number of rotatable bonds is 6. The lowest BCUT2D eigenvalue weighted by Gasteiger charge is -2.32. The fraction of sp³-hybridized carbons (Fsp3) is 0.700. The number of aliphatic hydroxyl groups excluding tert-OH is 1. The molecule has 2 unspecified atom stereocenters. The maximum atomic E-state index is 12.9. The SMILES string of the molecule is CC(C)C(NC(=O)OC(C)(C)C)C(=O)O[C@H]1[C@H](CO)O[C@H](n2ccc(N)nc2=O)C1(C)O. The van der Waals surface area contributed by atoms with Gasteiger partial charge < -0.3 is 35.5 Å². The van der Waals surface area contributed by atoms with Crippen LogP contribution < -0.4 is 16.7 Å². The molecule has 0 spiro atoms. The van der Waals surface area contributed by atoms with Gasteiger partial charge in [0.15, 0.2) is 12.3 Å². The molecule has 32 heavy (non-hydrogen) atoms. The Kier molecular flexibility index (Phi) is 7.53. The van der Waals surface area contributed by atoms with Crippen molar-refractivity contribution in [3.63, 3.8) is 0 Å². The molecular formula is C20H32N4O8. The number of nitrogen functional groups attached to an aromatic ring is 1. The molecule has 0 saturated carbocycles. The Morgan fingerprint density at radius 3 is 2.53 bits per heavy atom. The molecule has 5 N–H and O–H groups in total. The summed E-state index contributed by atoms with van der Waals surface area (Å²) in [6, 6.07) is 0.244. The summed E-state index contributed by atoms with van der Waals surface area (Å²) in [5.74, 6) is -1.25. The third kappa shape index (κ3) is 5.75. The number of carbonyl (C=O) groups is 2. The number of nitrogens with zero attached hydrogens (tertiary/aromatic N) is 2.